The Morgan fingerprint density at radius 2 is 0.964 bits per heavy atom. The molecule has 0 aromatic carbocycles. The molecule has 0 aliphatic heterocycles. The summed E-state index contributed by atoms with van der Waals surface area (Å²) in [5.74, 6) is -0.283. The van der Waals surface area contributed by atoms with E-state index in [4.69, 9.17) is 0 Å². The molecule has 0 radical (unpaired) electrons. The molecule has 0 saturated heterocycles. The van der Waals surface area contributed by atoms with Gasteiger partial charge in [-0.25, -0.2) is 0 Å². The van der Waals surface area contributed by atoms with Gasteiger partial charge in [0, 0.05) is 33.4 Å². The van der Waals surface area contributed by atoms with Crippen LogP contribution >= 0.6 is 45.3 Å². The lowest BCUT2D eigenvalue weighted by atomic mass is 9.52. The Kier molecular flexibility index (Phi) is 4.88. The van der Waals surface area contributed by atoms with Crippen molar-refractivity contribution < 1.29 is 9.59 Å². The van der Waals surface area contributed by atoms with Crippen molar-refractivity contribution >= 4 is 56.9 Å². The molecule has 4 heterocycles. The number of hydrogen-bond acceptors (Lipinski definition) is 6. The molecule has 140 valence electrons. The molecule has 0 N–H and O–H groups in total. The second-order valence-corrected chi connectivity index (χ2v) is 10.7. The fourth-order valence-corrected chi connectivity index (χ4v) is 7.51. The highest BCUT2D eigenvalue weighted by atomic mass is 32.1. The molecule has 5 rings (SSSR count). The van der Waals surface area contributed by atoms with Gasteiger partial charge in [-0.2, -0.15) is 0 Å². The minimum atomic E-state index is -0.306. The van der Waals surface area contributed by atoms with Gasteiger partial charge in [0.1, 0.15) is 0 Å². The van der Waals surface area contributed by atoms with Gasteiger partial charge in [0.05, 0.1) is 9.75 Å². The summed E-state index contributed by atoms with van der Waals surface area (Å²) in [4.78, 5) is 30.8. The van der Waals surface area contributed by atoms with E-state index in [9.17, 15) is 9.59 Å². The van der Waals surface area contributed by atoms with E-state index < -0.39 is 0 Å². The smallest absolute Gasteiger partial charge is 0.177 e. The zero-order valence-corrected chi connectivity index (χ0v) is 18.0. The molecule has 0 amide bonds. The average Bonchev–Trinajstić information content (AvgIpc) is 3.50. The molecule has 4 atom stereocenters. The van der Waals surface area contributed by atoms with E-state index in [1.807, 2.05) is 47.2 Å². The van der Waals surface area contributed by atoms with Crippen molar-refractivity contribution in [2.75, 3.05) is 0 Å². The van der Waals surface area contributed by atoms with Crippen LogP contribution < -0.4 is 0 Å². The van der Waals surface area contributed by atoms with Gasteiger partial charge in [-0.1, -0.05) is 24.3 Å². The topological polar surface area (TPSA) is 34.1 Å². The van der Waals surface area contributed by atoms with Gasteiger partial charge < -0.3 is 0 Å². The molecule has 28 heavy (non-hydrogen) atoms. The Morgan fingerprint density at radius 1 is 0.571 bits per heavy atom. The van der Waals surface area contributed by atoms with Crippen LogP contribution in [0.1, 0.15) is 40.9 Å². The van der Waals surface area contributed by atoms with Crippen molar-refractivity contribution in [3.05, 3.63) is 89.6 Å². The predicted octanol–water partition coefficient (Wildman–Crippen LogP) is 6.81. The van der Waals surface area contributed by atoms with Crippen LogP contribution in [0, 0.1) is 11.8 Å². The standard InChI is InChI=1S/C22H16O2S4/c23-21(15-7-3-11-27-15)19-17(13-5-1-9-25-13)18(14-6-2-10-26-14)20(19)22(24)16-8-4-12-28-16/h1-12,17-20H/t17-,18-,19-,20+/m1/s1. The van der Waals surface area contributed by atoms with E-state index in [2.05, 4.69) is 22.9 Å². The van der Waals surface area contributed by atoms with Gasteiger partial charge >= 0.3 is 0 Å². The summed E-state index contributed by atoms with van der Waals surface area (Å²) >= 11 is 6.30. The summed E-state index contributed by atoms with van der Waals surface area (Å²) in [6, 6.07) is 15.9. The SMILES string of the molecule is O=C(c1cccs1)[C@@H]1[C@H](C(=O)c2cccs2)[C@H](c2cccs2)[C@H]1c1cccs1. The van der Waals surface area contributed by atoms with Gasteiger partial charge in [0.2, 0.25) is 0 Å². The van der Waals surface area contributed by atoms with Crippen LogP contribution in [-0.4, -0.2) is 11.6 Å². The molecule has 4 aromatic rings. The first kappa shape index (κ1) is 18.2. The summed E-state index contributed by atoms with van der Waals surface area (Å²) in [5.41, 5.74) is 0. The van der Waals surface area contributed by atoms with Gasteiger partial charge in [0.15, 0.2) is 11.6 Å². The van der Waals surface area contributed by atoms with Crippen LogP contribution in [0.2, 0.25) is 0 Å². The number of Topliss-reactive ketones (excluding diaryl/α,β-unsaturated/α-hetero) is 2. The van der Waals surface area contributed by atoms with Gasteiger partial charge in [-0.3, -0.25) is 9.59 Å². The highest BCUT2D eigenvalue weighted by Crippen LogP contribution is 2.61. The van der Waals surface area contributed by atoms with E-state index in [1.165, 1.54) is 32.4 Å². The molecule has 6 heteroatoms. The lowest BCUT2D eigenvalue weighted by Crippen LogP contribution is -2.50. The summed E-state index contributed by atoms with van der Waals surface area (Å²) in [6.45, 7) is 0. The Bertz CT molecular complexity index is 972. The molecular formula is C22H16O2S4. The van der Waals surface area contributed by atoms with E-state index >= 15 is 0 Å². The summed E-state index contributed by atoms with van der Waals surface area (Å²) in [6.07, 6.45) is 0. The maximum atomic E-state index is 13.5. The Morgan fingerprint density at radius 3 is 1.29 bits per heavy atom. The zero-order chi connectivity index (χ0) is 19.1. The molecule has 0 bridgehead atoms. The summed E-state index contributed by atoms with van der Waals surface area (Å²) < 4.78 is 0. The maximum absolute atomic E-state index is 13.5. The normalized spacial score (nSPS) is 24.0. The first-order valence-corrected chi connectivity index (χ1v) is 12.5. The molecule has 1 aliphatic rings. The minimum Gasteiger partial charge on any atom is -0.293 e. The quantitative estimate of drug-likeness (QED) is 0.309. The van der Waals surface area contributed by atoms with Crippen molar-refractivity contribution in [1.82, 2.24) is 0 Å². The van der Waals surface area contributed by atoms with Gasteiger partial charge in [0.25, 0.3) is 0 Å². The average molecular weight is 441 g/mol. The Balaban J connectivity index is 1.61. The highest BCUT2D eigenvalue weighted by molar-refractivity contribution is 7.12. The number of ketones is 2. The fourth-order valence-electron chi connectivity index (χ4n) is 4.24. The zero-order valence-electron chi connectivity index (χ0n) is 14.7. The van der Waals surface area contributed by atoms with Crippen LogP contribution in [0.5, 0.6) is 0 Å². The van der Waals surface area contributed by atoms with E-state index in [0.29, 0.717) is 0 Å². The predicted molar refractivity (Wildman–Crippen MR) is 118 cm³/mol. The molecule has 0 spiro atoms. The molecule has 1 aliphatic carbocycles. The molecule has 1 fully saturated rings. The number of carbonyl (C=O) groups is 2. The second kappa shape index (κ2) is 7.52. The van der Waals surface area contributed by atoms with Crippen LogP contribution in [0.25, 0.3) is 0 Å². The fraction of sp³-hybridized carbons (Fsp3) is 0.182. The summed E-state index contributed by atoms with van der Waals surface area (Å²) in [5, 5.41) is 7.97. The number of carbonyl (C=O) groups excluding carboxylic acids is 2. The van der Waals surface area contributed by atoms with Gasteiger partial charge in [-0.15, -0.1) is 45.3 Å². The van der Waals surface area contributed by atoms with E-state index in [1.54, 1.807) is 22.7 Å². The number of hydrogen-bond donors (Lipinski definition) is 0. The maximum Gasteiger partial charge on any atom is 0.177 e. The van der Waals surface area contributed by atoms with Crippen LogP contribution in [0.15, 0.2) is 70.1 Å². The first-order chi connectivity index (χ1) is 13.8. The Hall–Kier alpha value is -1.86. The molecular weight excluding hydrogens is 425 g/mol. The van der Waals surface area contributed by atoms with E-state index in [0.717, 1.165) is 9.75 Å². The lowest BCUT2D eigenvalue weighted by Gasteiger charge is -2.49. The molecule has 1 saturated carbocycles. The van der Waals surface area contributed by atoms with Crippen molar-refractivity contribution in [1.29, 1.82) is 0 Å². The van der Waals surface area contributed by atoms with Crippen molar-refractivity contribution in [2.45, 2.75) is 11.8 Å². The number of rotatable bonds is 6. The third-order valence-electron chi connectivity index (χ3n) is 5.42. The van der Waals surface area contributed by atoms with Crippen LogP contribution in [0.4, 0.5) is 0 Å². The number of thiophene rings is 4. The van der Waals surface area contributed by atoms with Crippen molar-refractivity contribution in [3.63, 3.8) is 0 Å². The first-order valence-electron chi connectivity index (χ1n) is 8.98. The molecule has 0 unspecified atom stereocenters. The third-order valence-corrected chi connectivity index (χ3v) is 9.14. The van der Waals surface area contributed by atoms with E-state index in [-0.39, 0.29) is 35.2 Å². The molecule has 2 nitrogen and oxygen atoms in total. The monoisotopic (exact) mass is 440 g/mol. The van der Waals surface area contributed by atoms with Crippen LogP contribution in [-0.2, 0) is 0 Å². The Labute approximate surface area is 179 Å². The lowest BCUT2D eigenvalue weighted by molar-refractivity contribution is 0.0473. The van der Waals surface area contributed by atoms with Crippen molar-refractivity contribution in [2.24, 2.45) is 11.8 Å². The van der Waals surface area contributed by atoms with Gasteiger partial charge in [-0.05, 0) is 45.8 Å². The largest absolute Gasteiger partial charge is 0.293 e. The second-order valence-electron chi connectivity index (χ2n) is 6.82. The van der Waals surface area contributed by atoms with Crippen molar-refractivity contribution in [3.8, 4) is 0 Å². The highest BCUT2D eigenvalue weighted by Gasteiger charge is 2.58. The third kappa shape index (κ3) is 2.95. The molecule has 4 aromatic heterocycles. The van der Waals surface area contributed by atoms with Crippen LogP contribution in [0.3, 0.4) is 0 Å². The summed E-state index contributed by atoms with van der Waals surface area (Å²) in [7, 11) is 0. The minimum absolute atomic E-state index is 0.0576.